The molecule has 1 heterocycles. The van der Waals surface area contributed by atoms with Gasteiger partial charge in [0.2, 0.25) is 0 Å². The van der Waals surface area contributed by atoms with Crippen LogP contribution in [-0.2, 0) is 9.53 Å². The average molecular weight is 231 g/mol. The Morgan fingerprint density at radius 3 is 2.94 bits per heavy atom. The first-order valence-corrected chi connectivity index (χ1v) is 5.09. The molecule has 0 aromatic heterocycles. The largest absolute Gasteiger partial charge is 0.447 e. The van der Waals surface area contributed by atoms with Crippen LogP contribution in [0.2, 0.25) is 0 Å². The first-order valence-electron chi connectivity index (χ1n) is 5.09. The topological polar surface area (TPSA) is 66.8 Å². The minimum atomic E-state index is -1.28. The molecule has 2 amide bonds. The summed E-state index contributed by atoms with van der Waals surface area (Å²) in [6, 6.07) is 0. The van der Waals surface area contributed by atoms with Crippen LogP contribution in [0.4, 0.5) is 9.18 Å². The van der Waals surface area contributed by atoms with Gasteiger partial charge in [0.1, 0.15) is 18.5 Å². The molecule has 1 N–H and O–H groups in total. The van der Waals surface area contributed by atoms with Crippen LogP contribution >= 0.6 is 0 Å². The van der Waals surface area contributed by atoms with Gasteiger partial charge in [0.25, 0.3) is 5.91 Å². The summed E-state index contributed by atoms with van der Waals surface area (Å²) in [4.78, 5) is 23.1. The number of carbonyl (C=O) groups excluding carboxylic acids is 2. The van der Waals surface area contributed by atoms with Crippen molar-refractivity contribution in [1.82, 2.24) is 4.90 Å². The maximum absolute atomic E-state index is 13.2. The normalized spacial score (nSPS) is 18.6. The van der Waals surface area contributed by atoms with E-state index in [0.717, 1.165) is 4.90 Å². The first-order chi connectivity index (χ1) is 7.56. The number of ether oxygens (including phenoxy) is 1. The summed E-state index contributed by atoms with van der Waals surface area (Å²) >= 11 is 0. The van der Waals surface area contributed by atoms with Crippen molar-refractivity contribution in [2.24, 2.45) is 0 Å². The minimum absolute atomic E-state index is 0.116. The van der Waals surface area contributed by atoms with E-state index in [1.165, 1.54) is 0 Å². The second-order valence-corrected chi connectivity index (χ2v) is 3.44. The number of carbonyl (C=O) groups is 2. The molecule has 16 heavy (non-hydrogen) atoms. The van der Waals surface area contributed by atoms with E-state index in [2.05, 4.69) is 4.74 Å². The molecule has 1 fully saturated rings. The Hall–Kier alpha value is -1.43. The molecular weight excluding hydrogens is 217 g/mol. The molecule has 0 radical (unpaired) electrons. The number of hydrogen-bond donors (Lipinski definition) is 1. The predicted octanol–water partition coefficient (Wildman–Crippen LogP) is 0.980. The average Bonchev–Trinajstić information content (AvgIpc) is 2.64. The van der Waals surface area contributed by atoms with Crippen LogP contribution in [0.25, 0.3) is 0 Å². The van der Waals surface area contributed by atoms with Crippen LogP contribution in [0.15, 0.2) is 11.9 Å². The predicted molar refractivity (Wildman–Crippen MR) is 53.2 cm³/mol. The van der Waals surface area contributed by atoms with E-state index in [-0.39, 0.29) is 19.6 Å². The molecule has 1 aliphatic rings. The van der Waals surface area contributed by atoms with Crippen molar-refractivity contribution in [2.75, 3.05) is 13.2 Å². The van der Waals surface area contributed by atoms with Gasteiger partial charge in [0.05, 0.1) is 6.54 Å². The Labute approximate surface area is 92.5 Å². The van der Waals surface area contributed by atoms with Crippen molar-refractivity contribution in [3.05, 3.63) is 11.9 Å². The van der Waals surface area contributed by atoms with Gasteiger partial charge < -0.3 is 9.84 Å². The lowest BCUT2D eigenvalue weighted by Crippen LogP contribution is -2.30. The molecule has 6 heteroatoms. The zero-order valence-corrected chi connectivity index (χ0v) is 8.98. The molecule has 0 spiro atoms. The molecular formula is C10H14FNO4. The van der Waals surface area contributed by atoms with Crippen LogP contribution in [0.1, 0.15) is 19.8 Å². The summed E-state index contributed by atoms with van der Waals surface area (Å²) in [5.74, 6) is -1.72. The molecule has 1 atom stereocenters. The fourth-order valence-corrected chi connectivity index (χ4v) is 1.30. The first kappa shape index (κ1) is 12.6. The summed E-state index contributed by atoms with van der Waals surface area (Å²) in [6.45, 7) is 2.03. The van der Waals surface area contributed by atoms with Crippen LogP contribution in [0.5, 0.6) is 0 Å². The number of halogens is 1. The lowest BCUT2D eigenvalue weighted by atomic mass is 10.2. The van der Waals surface area contributed by atoms with Crippen LogP contribution in [0.3, 0.4) is 0 Å². The van der Waals surface area contributed by atoms with Crippen LogP contribution < -0.4 is 0 Å². The fourth-order valence-electron chi connectivity index (χ4n) is 1.30. The molecule has 1 unspecified atom stereocenters. The fraction of sp³-hybridized carbons (Fsp3) is 0.600. The number of nitrogens with zero attached hydrogens (tertiary/aromatic N) is 1. The Morgan fingerprint density at radius 1 is 1.75 bits per heavy atom. The van der Waals surface area contributed by atoms with E-state index in [9.17, 15) is 19.1 Å². The van der Waals surface area contributed by atoms with Crippen molar-refractivity contribution < 1.29 is 23.8 Å². The maximum atomic E-state index is 13.2. The number of aliphatic hydroxyl groups excluding tert-OH is 1. The van der Waals surface area contributed by atoms with Crippen molar-refractivity contribution in [2.45, 2.75) is 25.9 Å². The van der Waals surface area contributed by atoms with Crippen molar-refractivity contribution in [1.29, 1.82) is 0 Å². The van der Waals surface area contributed by atoms with Crippen molar-refractivity contribution in [3.8, 4) is 0 Å². The van der Waals surface area contributed by atoms with E-state index in [1.807, 2.05) is 0 Å². The number of hydrogen-bond acceptors (Lipinski definition) is 4. The van der Waals surface area contributed by atoms with E-state index >= 15 is 0 Å². The van der Waals surface area contributed by atoms with Crippen molar-refractivity contribution in [3.63, 3.8) is 0 Å². The SMILES string of the molecule is CCCC(O)/C(F)=C\C(=O)N1CCOC1=O. The van der Waals surface area contributed by atoms with Gasteiger partial charge in [-0.1, -0.05) is 13.3 Å². The summed E-state index contributed by atoms with van der Waals surface area (Å²) < 4.78 is 17.8. The molecule has 90 valence electrons. The van der Waals surface area contributed by atoms with Gasteiger partial charge in [-0.3, -0.25) is 4.79 Å². The van der Waals surface area contributed by atoms with E-state index in [1.54, 1.807) is 6.92 Å². The second kappa shape index (κ2) is 5.60. The van der Waals surface area contributed by atoms with Gasteiger partial charge in [0, 0.05) is 6.08 Å². The highest BCUT2D eigenvalue weighted by molar-refractivity contribution is 5.99. The summed E-state index contributed by atoms with van der Waals surface area (Å²) in [5.41, 5.74) is 0. The van der Waals surface area contributed by atoms with Crippen LogP contribution in [0, 0.1) is 0 Å². The number of amides is 2. The van der Waals surface area contributed by atoms with Crippen molar-refractivity contribution >= 4 is 12.0 Å². The lowest BCUT2D eigenvalue weighted by molar-refractivity contribution is -0.122. The standard InChI is InChI=1S/C10H14FNO4/c1-2-3-8(13)7(11)6-9(14)12-4-5-16-10(12)15/h6,8,13H,2-5H2,1H3/b7-6+. The molecule has 0 aliphatic carbocycles. The highest BCUT2D eigenvalue weighted by Gasteiger charge is 2.27. The Kier molecular flexibility index (Phi) is 4.42. The molecule has 1 aliphatic heterocycles. The Morgan fingerprint density at radius 2 is 2.44 bits per heavy atom. The third kappa shape index (κ3) is 3.03. The van der Waals surface area contributed by atoms with E-state index < -0.39 is 23.9 Å². The second-order valence-electron chi connectivity index (χ2n) is 3.44. The number of rotatable bonds is 4. The summed E-state index contributed by atoms with van der Waals surface area (Å²) in [7, 11) is 0. The summed E-state index contributed by atoms with van der Waals surface area (Å²) in [5, 5.41) is 9.25. The third-order valence-electron chi connectivity index (χ3n) is 2.17. The van der Waals surface area contributed by atoms with Gasteiger partial charge in [-0.2, -0.15) is 0 Å². The molecule has 1 saturated heterocycles. The van der Waals surface area contributed by atoms with Gasteiger partial charge in [-0.25, -0.2) is 14.1 Å². The Bertz CT molecular complexity index is 316. The zero-order valence-electron chi connectivity index (χ0n) is 8.98. The van der Waals surface area contributed by atoms with Gasteiger partial charge in [0.15, 0.2) is 0 Å². The monoisotopic (exact) mass is 231 g/mol. The van der Waals surface area contributed by atoms with Gasteiger partial charge in [-0.05, 0) is 6.42 Å². The van der Waals surface area contributed by atoms with E-state index in [4.69, 9.17) is 0 Å². The highest BCUT2D eigenvalue weighted by Crippen LogP contribution is 2.12. The molecule has 0 bridgehead atoms. The minimum Gasteiger partial charge on any atom is -0.447 e. The molecule has 1 rings (SSSR count). The third-order valence-corrected chi connectivity index (χ3v) is 2.17. The molecule has 0 aromatic rings. The summed E-state index contributed by atoms with van der Waals surface area (Å²) in [6.07, 6.45) is -0.596. The zero-order chi connectivity index (χ0) is 12.1. The number of cyclic esters (lactones) is 1. The van der Waals surface area contributed by atoms with Crippen LogP contribution in [-0.4, -0.2) is 41.3 Å². The lowest BCUT2D eigenvalue weighted by Gasteiger charge is -2.09. The maximum Gasteiger partial charge on any atom is 0.416 e. The quantitative estimate of drug-likeness (QED) is 0.732. The van der Waals surface area contributed by atoms with Gasteiger partial charge in [-0.15, -0.1) is 0 Å². The van der Waals surface area contributed by atoms with Gasteiger partial charge >= 0.3 is 6.09 Å². The van der Waals surface area contributed by atoms with E-state index in [0.29, 0.717) is 12.5 Å². The highest BCUT2D eigenvalue weighted by atomic mass is 19.1. The Balaban J connectivity index is 2.61. The molecule has 0 saturated carbocycles. The smallest absolute Gasteiger partial charge is 0.416 e. The molecule has 0 aromatic carbocycles. The number of aliphatic hydroxyl groups is 1. The molecule has 5 nitrogen and oxygen atoms in total. The number of imide groups is 1.